The molecule has 9 heteroatoms. The second-order valence-corrected chi connectivity index (χ2v) is 7.19. The monoisotopic (exact) mass is 406 g/mol. The van der Waals surface area contributed by atoms with Gasteiger partial charge in [0, 0.05) is 34.1 Å². The lowest BCUT2D eigenvalue weighted by molar-refractivity contribution is -0.384. The van der Waals surface area contributed by atoms with Crippen molar-refractivity contribution in [3.63, 3.8) is 0 Å². The number of benzene rings is 2. The van der Waals surface area contributed by atoms with Gasteiger partial charge in [0.15, 0.2) is 0 Å². The number of rotatable bonds is 5. The van der Waals surface area contributed by atoms with Crippen molar-refractivity contribution in [3.8, 4) is 11.4 Å². The molecule has 0 unspecified atom stereocenters. The summed E-state index contributed by atoms with van der Waals surface area (Å²) in [6, 6.07) is 16.5. The smallest absolute Gasteiger partial charge is 0.281 e. The molecule has 0 saturated heterocycles. The molecule has 4 aromatic rings. The van der Waals surface area contributed by atoms with Crippen molar-refractivity contribution in [1.82, 2.24) is 9.99 Å². The van der Waals surface area contributed by atoms with Gasteiger partial charge < -0.3 is 9.67 Å². The SMILES string of the molecule is O=C(NN=Cc1cccn1-c1ccc(O)cc1)c1cc2cc([N+](=O)[O-])ccc2s1. The summed E-state index contributed by atoms with van der Waals surface area (Å²) in [6.45, 7) is 0. The average Bonchev–Trinajstić information content (AvgIpc) is 3.34. The number of thiophene rings is 1. The van der Waals surface area contributed by atoms with Gasteiger partial charge in [-0.15, -0.1) is 11.3 Å². The van der Waals surface area contributed by atoms with Crippen LogP contribution < -0.4 is 5.43 Å². The number of aromatic nitrogens is 1. The van der Waals surface area contributed by atoms with Gasteiger partial charge >= 0.3 is 0 Å². The van der Waals surface area contributed by atoms with Crippen molar-refractivity contribution in [3.05, 3.63) is 87.5 Å². The number of hydrogen-bond donors (Lipinski definition) is 2. The number of aromatic hydroxyl groups is 1. The van der Waals surface area contributed by atoms with E-state index in [1.165, 1.54) is 29.7 Å². The molecule has 0 aliphatic rings. The van der Waals surface area contributed by atoms with Crippen LogP contribution in [-0.4, -0.2) is 26.7 Å². The van der Waals surface area contributed by atoms with Crippen molar-refractivity contribution in [2.75, 3.05) is 0 Å². The fourth-order valence-corrected chi connectivity index (χ4v) is 3.75. The van der Waals surface area contributed by atoms with Gasteiger partial charge in [-0.25, -0.2) is 5.43 Å². The fraction of sp³-hybridized carbons (Fsp3) is 0. The van der Waals surface area contributed by atoms with Crippen molar-refractivity contribution in [1.29, 1.82) is 0 Å². The Morgan fingerprint density at radius 2 is 1.97 bits per heavy atom. The highest BCUT2D eigenvalue weighted by Crippen LogP contribution is 2.28. The topological polar surface area (TPSA) is 110 Å². The maximum atomic E-state index is 12.4. The zero-order valence-electron chi connectivity index (χ0n) is 14.9. The molecule has 0 radical (unpaired) electrons. The van der Waals surface area contributed by atoms with E-state index < -0.39 is 10.8 Å². The standard InChI is InChI=1S/C20H14N4O4S/c25-17-6-3-14(4-7-17)23-9-1-2-16(23)12-21-22-20(26)19-11-13-10-15(24(27)28)5-8-18(13)29-19/h1-12,25H,(H,22,26). The van der Waals surface area contributed by atoms with Crippen molar-refractivity contribution in [2.24, 2.45) is 5.10 Å². The highest BCUT2D eigenvalue weighted by atomic mass is 32.1. The van der Waals surface area contributed by atoms with Crippen LogP contribution in [-0.2, 0) is 0 Å². The van der Waals surface area contributed by atoms with Crippen LogP contribution in [0.4, 0.5) is 5.69 Å². The Bertz CT molecular complexity index is 1240. The molecule has 144 valence electrons. The molecule has 4 rings (SSSR count). The minimum absolute atomic E-state index is 0.0183. The third kappa shape index (κ3) is 3.85. The number of amides is 1. The molecule has 2 N–H and O–H groups in total. The predicted molar refractivity (Wildman–Crippen MR) is 111 cm³/mol. The molecule has 0 bridgehead atoms. The molecule has 1 amide bonds. The molecule has 2 aromatic carbocycles. The van der Waals surface area contributed by atoms with Crippen molar-refractivity contribution >= 4 is 39.2 Å². The number of phenolic OH excluding ortho intramolecular Hbond substituents is 1. The molecule has 0 aliphatic heterocycles. The summed E-state index contributed by atoms with van der Waals surface area (Å²) in [5, 5.41) is 24.9. The maximum absolute atomic E-state index is 12.4. The summed E-state index contributed by atoms with van der Waals surface area (Å²) in [5.74, 6) is -0.218. The third-order valence-corrected chi connectivity index (χ3v) is 5.32. The fourth-order valence-electron chi connectivity index (χ4n) is 2.82. The van der Waals surface area contributed by atoms with Crippen molar-refractivity contribution < 1.29 is 14.8 Å². The van der Waals surface area contributed by atoms with Gasteiger partial charge in [-0.1, -0.05) is 0 Å². The molecule has 29 heavy (non-hydrogen) atoms. The van der Waals surface area contributed by atoms with Crippen LogP contribution >= 0.6 is 11.3 Å². The summed E-state index contributed by atoms with van der Waals surface area (Å²) >= 11 is 1.24. The number of hydrazone groups is 1. The van der Waals surface area contributed by atoms with E-state index in [0.717, 1.165) is 16.1 Å². The summed E-state index contributed by atoms with van der Waals surface area (Å²) in [7, 11) is 0. The maximum Gasteiger partial charge on any atom is 0.281 e. The molecular formula is C20H14N4O4S. The van der Waals surface area contributed by atoms with Crippen LogP contribution in [0.5, 0.6) is 5.75 Å². The van der Waals surface area contributed by atoms with E-state index in [1.807, 2.05) is 22.9 Å². The number of carbonyl (C=O) groups is 1. The Morgan fingerprint density at radius 1 is 1.17 bits per heavy atom. The Balaban J connectivity index is 1.49. The molecule has 8 nitrogen and oxygen atoms in total. The molecule has 0 aliphatic carbocycles. The Hall–Kier alpha value is -3.98. The van der Waals surface area contributed by atoms with Gasteiger partial charge in [0.2, 0.25) is 0 Å². The first-order valence-electron chi connectivity index (χ1n) is 8.49. The lowest BCUT2D eigenvalue weighted by Gasteiger charge is -2.06. The van der Waals surface area contributed by atoms with Crippen LogP contribution in [0.25, 0.3) is 15.8 Å². The van der Waals surface area contributed by atoms with E-state index in [4.69, 9.17) is 0 Å². The van der Waals surface area contributed by atoms with Crippen LogP contribution in [0.3, 0.4) is 0 Å². The van der Waals surface area contributed by atoms with Crippen LogP contribution in [0.2, 0.25) is 0 Å². The summed E-state index contributed by atoms with van der Waals surface area (Å²) in [6.07, 6.45) is 3.36. The number of phenols is 1. The number of non-ortho nitro benzene ring substituents is 1. The number of carbonyl (C=O) groups excluding carboxylic acids is 1. The molecule has 2 heterocycles. The number of hydrogen-bond acceptors (Lipinski definition) is 6. The molecular weight excluding hydrogens is 392 g/mol. The molecule has 0 atom stereocenters. The van der Waals surface area contributed by atoms with E-state index in [2.05, 4.69) is 10.5 Å². The van der Waals surface area contributed by atoms with Gasteiger partial charge in [-0.3, -0.25) is 14.9 Å². The van der Waals surface area contributed by atoms with Gasteiger partial charge in [0.1, 0.15) is 5.75 Å². The quantitative estimate of drug-likeness (QED) is 0.296. The van der Waals surface area contributed by atoms with Crippen molar-refractivity contribution in [2.45, 2.75) is 0 Å². The first kappa shape index (κ1) is 18.4. The summed E-state index contributed by atoms with van der Waals surface area (Å²) in [4.78, 5) is 23.2. The molecule has 2 aromatic heterocycles. The molecule has 0 spiro atoms. The summed E-state index contributed by atoms with van der Waals surface area (Å²) < 4.78 is 2.64. The number of fused-ring (bicyclic) bond motifs is 1. The Kier molecular flexibility index (Phi) is 4.80. The number of nitro groups is 1. The summed E-state index contributed by atoms with van der Waals surface area (Å²) in [5.41, 5.74) is 4.04. The zero-order valence-corrected chi connectivity index (χ0v) is 15.7. The number of nitrogens with zero attached hydrogens (tertiary/aromatic N) is 3. The van der Waals surface area contributed by atoms with Crippen LogP contribution in [0.15, 0.2) is 72.0 Å². The first-order valence-corrected chi connectivity index (χ1v) is 9.31. The van der Waals surface area contributed by atoms with Crippen LogP contribution in [0, 0.1) is 10.1 Å². The normalized spacial score (nSPS) is 11.2. The van der Waals surface area contributed by atoms with E-state index in [1.54, 1.807) is 36.4 Å². The highest BCUT2D eigenvalue weighted by Gasteiger charge is 2.13. The lowest BCUT2D eigenvalue weighted by Crippen LogP contribution is -2.16. The second kappa shape index (κ2) is 7.56. The number of nitrogens with one attached hydrogen (secondary N) is 1. The minimum atomic E-state index is -0.468. The minimum Gasteiger partial charge on any atom is -0.508 e. The Labute approximate surface area is 168 Å². The van der Waals surface area contributed by atoms with Gasteiger partial charge in [-0.2, -0.15) is 5.10 Å². The van der Waals surface area contributed by atoms with Gasteiger partial charge in [-0.05, 0) is 48.5 Å². The van der Waals surface area contributed by atoms with Gasteiger partial charge in [0.05, 0.1) is 21.7 Å². The average molecular weight is 406 g/mol. The van der Waals surface area contributed by atoms with E-state index in [9.17, 15) is 20.0 Å². The van der Waals surface area contributed by atoms with E-state index in [0.29, 0.717) is 10.3 Å². The van der Waals surface area contributed by atoms with Gasteiger partial charge in [0.25, 0.3) is 11.6 Å². The highest BCUT2D eigenvalue weighted by molar-refractivity contribution is 7.20. The largest absolute Gasteiger partial charge is 0.508 e. The molecule has 0 saturated carbocycles. The van der Waals surface area contributed by atoms with E-state index in [-0.39, 0.29) is 11.4 Å². The predicted octanol–water partition coefficient (Wildman–Crippen LogP) is 4.07. The first-order chi connectivity index (χ1) is 14.0. The zero-order chi connectivity index (χ0) is 20.4. The van der Waals surface area contributed by atoms with E-state index >= 15 is 0 Å². The second-order valence-electron chi connectivity index (χ2n) is 6.11. The number of nitro benzene ring substituents is 1. The third-order valence-electron chi connectivity index (χ3n) is 4.21. The Morgan fingerprint density at radius 3 is 2.72 bits per heavy atom. The van der Waals surface area contributed by atoms with Crippen LogP contribution in [0.1, 0.15) is 15.4 Å². The molecule has 0 fully saturated rings. The lowest BCUT2D eigenvalue weighted by atomic mass is 10.2.